The minimum atomic E-state index is -0.511. The van der Waals surface area contributed by atoms with Crippen LogP contribution in [0.5, 0.6) is 0 Å². The summed E-state index contributed by atoms with van der Waals surface area (Å²) in [5, 5.41) is 13.7. The molecule has 0 radical (unpaired) electrons. The van der Waals surface area contributed by atoms with Gasteiger partial charge >= 0.3 is 0 Å². The molecule has 1 fully saturated rings. The molecule has 4 nitrogen and oxygen atoms in total. The second-order valence-electron chi connectivity index (χ2n) is 4.58. The fraction of sp³-hybridized carbons (Fsp3) is 0.500. The molecule has 0 aromatic heterocycles. The molecule has 1 aliphatic carbocycles. The van der Waals surface area contributed by atoms with E-state index in [0.29, 0.717) is 5.92 Å². The van der Waals surface area contributed by atoms with E-state index in [9.17, 15) is 14.5 Å². The first-order chi connectivity index (χ1) is 8.08. The smallest absolute Gasteiger partial charge is 0.271 e. The molecule has 5 heteroatoms. The highest BCUT2D eigenvalue weighted by atomic mass is 19.1. The lowest BCUT2D eigenvalue weighted by Crippen LogP contribution is -2.22. The van der Waals surface area contributed by atoms with Crippen molar-refractivity contribution in [1.82, 2.24) is 0 Å². The van der Waals surface area contributed by atoms with Gasteiger partial charge in [-0.1, -0.05) is 13.3 Å². The molecule has 0 saturated heterocycles. The maximum Gasteiger partial charge on any atom is 0.271 e. The number of halogens is 1. The highest BCUT2D eigenvalue weighted by molar-refractivity contribution is 5.53. The largest absolute Gasteiger partial charge is 0.379 e. The molecule has 1 saturated carbocycles. The molecule has 1 aliphatic rings. The minimum Gasteiger partial charge on any atom is -0.379 e. The summed E-state index contributed by atoms with van der Waals surface area (Å²) in [6.45, 7) is 2.11. The molecule has 17 heavy (non-hydrogen) atoms. The topological polar surface area (TPSA) is 55.2 Å². The molecule has 2 rings (SSSR count). The average molecular weight is 238 g/mol. The molecule has 1 aromatic rings. The number of hydrogen-bond donors (Lipinski definition) is 1. The first kappa shape index (κ1) is 11.8. The number of anilines is 1. The predicted octanol–water partition coefficient (Wildman–Crippen LogP) is 3.33. The van der Waals surface area contributed by atoms with Crippen LogP contribution in [0.1, 0.15) is 26.2 Å². The van der Waals surface area contributed by atoms with Gasteiger partial charge in [-0.15, -0.1) is 0 Å². The molecule has 0 heterocycles. The lowest BCUT2D eigenvalue weighted by molar-refractivity contribution is -0.384. The van der Waals surface area contributed by atoms with Crippen molar-refractivity contribution in [3.8, 4) is 0 Å². The van der Waals surface area contributed by atoms with Crippen LogP contribution in [-0.4, -0.2) is 11.0 Å². The summed E-state index contributed by atoms with van der Waals surface area (Å²) in [6.07, 6.45) is 3.23. The van der Waals surface area contributed by atoms with Crippen LogP contribution >= 0.6 is 0 Å². The van der Waals surface area contributed by atoms with Gasteiger partial charge in [0.05, 0.1) is 10.6 Å². The summed E-state index contributed by atoms with van der Waals surface area (Å²) >= 11 is 0. The van der Waals surface area contributed by atoms with Crippen LogP contribution in [-0.2, 0) is 0 Å². The third-order valence-corrected chi connectivity index (χ3v) is 3.36. The van der Waals surface area contributed by atoms with Gasteiger partial charge in [0.15, 0.2) is 0 Å². The number of nitro benzene ring substituents is 1. The number of rotatable bonds is 3. The van der Waals surface area contributed by atoms with E-state index in [1.807, 2.05) is 0 Å². The number of non-ortho nitro benzene ring substituents is 1. The number of nitrogens with one attached hydrogen (secondary N) is 1. The van der Waals surface area contributed by atoms with Crippen LogP contribution < -0.4 is 5.32 Å². The Morgan fingerprint density at radius 3 is 2.82 bits per heavy atom. The normalized spacial score (nSPS) is 23.6. The molecule has 1 N–H and O–H groups in total. The van der Waals surface area contributed by atoms with E-state index in [-0.39, 0.29) is 17.4 Å². The van der Waals surface area contributed by atoms with E-state index in [0.717, 1.165) is 25.3 Å². The van der Waals surface area contributed by atoms with E-state index in [4.69, 9.17) is 0 Å². The summed E-state index contributed by atoms with van der Waals surface area (Å²) in [5.74, 6) is 0.0448. The van der Waals surface area contributed by atoms with Gasteiger partial charge in [-0.05, 0) is 24.8 Å². The Morgan fingerprint density at radius 2 is 2.24 bits per heavy atom. The van der Waals surface area contributed by atoms with E-state index in [2.05, 4.69) is 12.2 Å². The van der Waals surface area contributed by atoms with Crippen LogP contribution in [0.25, 0.3) is 0 Å². The summed E-state index contributed by atoms with van der Waals surface area (Å²) in [4.78, 5) is 10.1. The zero-order valence-electron chi connectivity index (χ0n) is 9.65. The molecule has 0 amide bonds. The summed E-state index contributed by atoms with van der Waals surface area (Å²) in [7, 11) is 0. The lowest BCUT2D eigenvalue weighted by Gasteiger charge is -2.18. The maximum atomic E-state index is 13.5. The fourth-order valence-corrected chi connectivity index (χ4v) is 2.30. The zero-order valence-corrected chi connectivity index (χ0v) is 9.65. The van der Waals surface area contributed by atoms with E-state index < -0.39 is 10.7 Å². The first-order valence-electron chi connectivity index (χ1n) is 5.78. The third-order valence-electron chi connectivity index (χ3n) is 3.36. The van der Waals surface area contributed by atoms with E-state index in [1.54, 1.807) is 0 Å². The second kappa shape index (κ2) is 4.69. The van der Waals surface area contributed by atoms with Crippen molar-refractivity contribution in [3.63, 3.8) is 0 Å². The van der Waals surface area contributed by atoms with Crippen LogP contribution in [0, 0.1) is 21.8 Å². The molecule has 92 valence electrons. The van der Waals surface area contributed by atoms with Gasteiger partial charge in [-0.25, -0.2) is 4.39 Å². The van der Waals surface area contributed by atoms with E-state index in [1.165, 1.54) is 12.1 Å². The first-order valence-corrected chi connectivity index (χ1v) is 5.78. The molecular formula is C12H15FN2O2. The van der Waals surface area contributed by atoms with Gasteiger partial charge in [0, 0.05) is 18.2 Å². The Balaban J connectivity index is 2.19. The standard InChI is InChI=1S/C12H15FN2O2/c1-8-3-2-4-11(8)14-12-7-9(15(16)17)5-6-10(12)13/h5-8,11,14H,2-4H2,1H3. The van der Waals surface area contributed by atoms with Crippen molar-refractivity contribution in [2.45, 2.75) is 32.2 Å². The predicted molar refractivity (Wildman–Crippen MR) is 63.5 cm³/mol. The van der Waals surface area contributed by atoms with Crippen LogP contribution in [0.2, 0.25) is 0 Å². The van der Waals surface area contributed by atoms with Crippen molar-refractivity contribution in [1.29, 1.82) is 0 Å². The quantitative estimate of drug-likeness (QED) is 0.649. The van der Waals surface area contributed by atoms with Crippen molar-refractivity contribution < 1.29 is 9.31 Å². The lowest BCUT2D eigenvalue weighted by atomic mass is 10.1. The molecule has 0 spiro atoms. The highest BCUT2D eigenvalue weighted by Gasteiger charge is 2.24. The maximum absolute atomic E-state index is 13.5. The molecule has 2 atom stereocenters. The second-order valence-corrected chi connectivity index (χ2v) is 4.58. The highest BCUT2D eigenvalue weighted by Crippen LogP contribution is 2.30. The van der Waals surface area contributed by atoms with Gasteiger partial charge in [0.25, 0.3) is 5.69 Å². The van der Waals surface area contributed by atoms with Crippen LogP contribution in [0.15, 0.2) is 18.2 Å². The van der Waals surface area contributed by atoms with Gasteiger partial charge in [-0.2, -0.15) is 0 Å². The summed E-state index contributed by atoms with van der Waals surface area (Å²) in [5.41, 5.74) is 0.150. The molecule has 0 aliphatic heterocycles. The SMILES string of the molecule is CC1CCCC1Nc1cc([N+](=O)[O-])ccc1F. The minimum absolute atomic E-state index is 0.0837. The Morgan fingerprint density at radius 1 is 1.47 bits per heavy atom. The average Bonchev–Trinajstić information content (AvgIpc) is 2.67. The number of nitrogens with zero attached hydrogens (tertiary/aromatic N) is 1. The van der Waals surface area contributed by atoms with Gasteiger partial charge in [0.2, 0.25) is 0 Å². The van der Waals surface area contributed by atoms with Crippen molar-refractivity contribution in [2.24, 2.45) is 5.92 Å². The van der Waals surface area contributed by atoms with Gasteiger partial charge in [0.1, 0.15) is 5.82 Å². The third kappa shape index (κ3) is 2.54. The molecule has 1 aromatic carbocycles. The number of nitro groups is 1. The Bertz CT molecular complexity index is 437. The number of benzene rings is 1. The zero-order chi connectivity index (χ0) is 12.4. The fourth-order valence-electron chi connectivity index (χ4n) is 2.30. The molecular weight excluding hydrogens is 223 g/mol. The van der Waals surface area contributed by atoms with Gasteiger partial charge < -0.3 is 5.32 Å². The molecule has 2 unspecified atom stereocenters. The molecule has 0 bridgehead atoms. The van der Waals surface area contributed by atoms with E-state index >= 15 is 0 Å². The van der Waals surface area contributed by atoms with Crippen molar-refractivity contribution in [3.05, 3.63) is 34.1 Å². The summed E-state index contributed by atoms with van der Waals surface area (Å²) in [6, 6.07) is 3.80. The Hall–Kier alpha value is -1.65. The Labute approximate surface area is 99.0 Å². The number of hydrogen-bond acceptors (Lipinski definition) is 3. The van der Waals surface area contributed by atoms with Gasteiger partial charge in [-0.3, -0.25) is 10.1 Å². The monoisotopic (exact) mass is 238 g/mol. The summed E-state index contributed by atoms with van der Waals surface area (Å²) < 4.78 is 13.5. The van der Waals surface area contributed by atoms with Crippen LogP contribution in [0.3, 0.4) is 0 Å². The Kier molecular flexibility index (Phi) is 3.26. The van der Waals surface area contributed by atoms with Crippen molar-refractivity contribution >= 4 is 11.4 Å². The van der Waals surface area contributed by atoms with Crippen LogP contribution in [0.4, 0.5) is 15.8 Å². The van der Waals surface area contributed by atoms with Crippen molar-refractivity contribution in [2.75, 3.05) is 5.32 Å².